The van der Waals surface area contributed by atoms with E-state index >= 15 is 0 Å². The smallest absolute Gasteiger partial charge is 0.191 e. The van der Waals surface area contributed by atoms with Crippen LogP contribution in [0.15, 0.2) is 11.2 Å². The van der Waals surface area contributed by atoms with E-state index in [9.17, 15) is 0 Å². The van der Waals surface area contributed by atoms with Crippen LogP contribution in [-0.4, -0.2) is 48.1 Å². The number of anilines is 2. The number of rotatable bonds is 5. The summed E-state index contributed by atoms with van der Waals surface area (Å²) in [7, 11) is 0. The lowest BCUT2D eigenvalue weighted by atomic mass is 10.1. The van der Waals surface area contributed by atoms with Crippen molar-refractivity contribution < 1.29 is 4.74 Å². The fourth-order valence-electron chi connectivity index (χ4n) is 3.21. The molecule has 1 N–H and O–H groups in total. The second-order valence-corrected chi connectivity index (χ2v) is 6.40. The summed E-state index contributed by atoms with van der Waals surface area (Å²) in [6.07, 6.45) is 7.16. The Morgan fingerprint density at radius 3 is 3.14 bits per heavy atom. The third-order valence-electron chi connectivity index (χ3n) is 4.21. The molecule has 2 aliphatic rings. The van der Waals surface area contributed by atoms with Crippen molar-refractivity contribution in [3.05, 3.63) is 6.07 Å². The quantitative estimate of drug-likeness (QED) is 0.667. The number of thioether (sulfide) groups is 1. The van der Waals surface area contributed by atoms with Gasteiger partial charge in [0.2, 0.25) is 0 Å². The summed E-state index contributed by atoms with van der Waals surface area (Å²) in [6, 6.07) is 2.58. The van der Waals surface area contributed by atoms with Gasteiger partial charge in [0.05, 0.1) is 18.8 Å². The average Bonchev–Trinajstić information content (AvgIpc) is 3.01. The van der Waals surface area contributed by atoms with E-state index in [1.807, 2.05) is 6.26 Å². The van der Waals surface area contributed by atoms with Crippen LogP contribution >= 0.6 is 11.8 Å². The molecule has 2 heterocycles. The number of morpholine rings is 1. The molecule has 0 radical (unpaired) electrons. The topological polar surface area (TPSA) is 50.3 Å². The molecule has 6 heteroatoms. The molecule has 21 heavy (non-hydrogen) atoms. The highest BCUT2D eigenvalue weighted by molar-refractivity contribution is 7.98. The fourth-order valence-corrected chi connectivity index (χ4v) is 3.58. The van der Waals surface area contributed by atoms with Crippen molar-refractivity contribution in [1.29, 1.82) is 0 Å². The zero-order valence-corrected chi connectivity index (χ0v) is 13.7. The summed E-state index contributed by atoms with van der Waals surface area (Å²) in [5.74, 6) is 1.99. The predicted octanol–water partition coefficient (Wildman–Crippen LogP) is 2.78. The molecule has 5 nitrogen and oxygen atoms in total. The van der Waals surface area contributed by atoms with Crippen LogP contribution in [0.4, 0.5) is 11.6 Å². The normalized spacial score (nSPS) is 25.0. The lowest BCUT2D eigenvalue weighted by Crippen LogP contribution is -2.49. The molecule has 2 fully saturated rings. The van der Waals surface area contributed by atoms with E-state index in [0.29, 0.717) is 12.1 Å². The minimum atomic E-state index is 0.387. The molecule has 2 atom stereocenters. The van der Waals surface area contributed by atoms with E-state index in [-0.39, 0.29) is 0 Å². The monoisotopic (exact) mass is 308 g/mol. The summed E-state index contributed by atoms with van der Waals surface area (Å²) in [5, 5.41) is 4.23. The van der Waals surface area contributed by atoms with E-state index < -0.39 is 0 Å². The van der Waals surface area contributed by atoms with Crippen LogP contribution < -0.4 is 10.2 Å². The number of hydrogen-bond acceptors (Lipinski definition) is 6. The molecule has 1 saturated heterocycles. The van der Waals surface area contributed by atoms with Gasteiger partial charge in [-0.05, 0) is 31.9 Å². The molecule has 0 bridgehead atoms. The van der Waals surface area contributed by atoms with Gasteiger partial charge in [0.25, 0.3) is 0 Å². The van der Waals surface area contributed by atoms with E-state index in [1.54, 1.807) is 11.8 Å². The maximum Gasteiger partial charge on any atom is 0.191 e. The van der Waals surface area contributed by atoms with Gasteiger partial charge in [0.15, 0.2) is 5.16 Å². The van der Waals surface area contributed by atoms with Crippen molar-refractivity contribution in [2.45, 2.75) is 49.9 Å². The number of fused-ring (bicyclic) bond motifs is 1. The summed E-state index contributed by atoms with van der Waals surface area (Å²) >= 11 is 1.60. The Bertz CT molecular complexity index is 485. The Kier molecular flexibility index (Phi) is 4.85. The second-order valence-electron chi connectivity index (χ2n) is 5.63. The zero-order chi connectivity index (χ0) is 14.7. The molecule has 0 spiro atoms. The van der Waals surface area contributed by atoms with Gasteiger partial charge >= 0.3 is 0 Å². The van der Waals surface area contributed by atoms with Crippen molar-refractivity contribution in [3.63, 3.8) is 0 Å². The van der Waals surface area contributed by atoms with Crippen LogP contribution in [0.25, 0.3) is 0 Å². The molecule has 1 aliphatic carbocycles. The third-order valence-corrected chi connectivity index (χ3v) is 4.75. The van der Waals surface area contributed by atoms with Gasteiger partial charge in [-0.25, -0.2) is 9.97 Å². The minimum Gasteiger partial charge on any atom is -0.374 e. The predicted molar refractivity (Wildman–Crippen MR) is 87.3 cm³/mol. The first-order valence-corrected chi connectivity index (χ1v) is 9.09. The van der Waals surface area contributed by atoms with Gasteiger partial charge in [-0.3, -0.25) is 0 Å². The van der Waals surface area contributed by atoms with Gasteiger partial charge in [0, 0.05) is 19.2 Å². The number of ether oxygens (including phenoxy) is 1. The maximum atomic E-state index is 5.90. The molecule has 1 aromatic heterocycles. The van der Waals surface area contributed by atoms with Crippen molar-refractivity contribution in [1.82, 2.24) is 9.97 Å². The average molecular weight is 308 g/mol. The van der Waals surface area contributed by atoms with Crippen LogP contribution in [0.2, 0.25) is 0 Å². The lowest BCUT2D eigenvalue weighted by molar-refractivity contribution is 0.0253. The Morgan fingerprint density at radius 2 is 2.33 bits per heavy atom. The molecular formula is C15H24N4OS. The molecule has 1 aromatic rings. The van der Waals surface area contributed by atoms with Crippen LogP contribution in [-0.2, 0) is 4.74 Å². The van der Waals surface area contributed by atoms with E-state index in [2.05, 4.69) is 28.2 Å². The molecular weight excluding hydrogens is 284 g/mol. The SMILES string of the molecule is CCCNc1cc(N2CCOC3CCCC32)nc(SC)n1. The van der Waals surface area contributed by atoms with Crippen LogP contribution in [0.1, 0.15) is 32.6 Å². The molecule has 1 saturated carbocycles. The highest BCUT2D eigenvalue weighted by Gasteiger charge is 2.36. The van der Waals surface area contributed by atoms with E-state index in [1.165, 1.54) is 19.3 Å². The van der Waals surface area contributed by atoms with Gasteiger partial charge in [0.1, 0.15) is 11.6 Å². The fraction of sp³-hybridized carbons (Fsp3) is 0.733. The van der Waals surface area contributed by atoms with Crippen molar-refractivity contribution >= 4 is 23.4 Å². The van der Waals surface area contributed by atoms with Crippen LogP contribution in [0, 0.1) is 0 Å². The lowest BCUT2D eigenvalue weighted by Gasteiger charge is -2.38. The zero-order valence-electron chi connectivity index (χ0n) is 12.8. The number of aromatic nitrogens is 2. The molecule has 3 rings (SSSR count). The number of hydrogen-bond donors (Lipinski definition) is 1. The molecule has 1 aliphatic heterocycles. The first-order chi connectivity index (χ1) is 10.3. The van der Waals surface area contributed by atoms with Crippen LogP contribution in [0.5, 0.6) is 0 Å². The first-order valence-electron chi connectivity index (χ1n) is 7.87. The van der Waals surface area contributed by atoms with Gasteiger partial charge in [-0.1, -0.05) is 18.7 Å². The Hall–Kier alpha value is -1.01. The van der Waals surface area contributed by atoms with E-state index in [4.69, 9.17) is 9.72 Å². The first kappa shape index (κ1) is 14.9. The van der Waals surface area contributed by atoms with Crippen molar-refractivity contribution in [2.24, 2.45) is 0 Å². The van der Waals surface area contributed by atoms with Crippen LogP contribution in [0.3, 0.4) is 0 Å². The highest BCUT2D eigenvalue weighted by Crippen LogP contribution is 2.33. The van der Waals surface area contributed by atoms with Crippen molar-refractivity contribution in [3.8, 4) is 0 Å². The summed E-state index contributed by atoms with van der Waals surface area (Å²) < 4.78 is 5.90. The second kappa shape index (κ2) is 6.83. The molecule has 0 aromatic carbocycles. The summed E-state index contributed by atoms with van der Waals surface area (Å²) in [4.78, 5) is 11.7. The molecule has 2 unspecified atom stereocenters. The highest BCUT2D eigenvalue weighted by atomic mass is 32.2. The largest absolute Gasteiger partial charge is 0.374 e. The van der Waals surface area contributed by atoms with Gasteiger partial charge in [-0.2, -0.15) is 0 Å². The molecule has 0 amide bonds. The number of nitrogens with zero attached hydrogens (tertiary/aromatic N) is 3. The third kappa shape index (κ3) is 3.26. The van der Waals surface area contributed by atoms with Crippen molar-refractivity contribution in [2.75, 3.05) is 36.2 Å². The maximum absolute atomic E-state index is 5.90. The van der Waals surface area contributed by atoms with E-state index in [0.717, 1.165) is 42.9 Å². The standard InChI is InChI=1S/C15H24N4OS/c1-3-7-16-13-10-14(18-15(17-13)21-2)19-8-9-20-12-6-4-5-11(12)19/h10-12H,3-9H2,1-2H3,(H,16,17,18). The minimum absolute atomic E-state index is 0.387. The summed E-state index contributed by atoms with van der Waals surface area (Å²) in [5.41, 5.74) is 0. The molecule has 116 valence electrons. The number of nitrogens with one attached hydrogen (secondary N) is 1. The Balaban J connectivity index is 1.85. The summed E-state index contributed by atoms with van der Waals surface area (Å²) in [6.45, 7) is 4.84. The van der Waals surface area contributed by atoms with Gasteiger partial charge in [-0.15, -0.1) is 0 Å². The Morgan fingerprint density at radius 1 is 1.43 bits per heavy atom. The Labute approximate surface area is 130 Å². The van der Waals surface area contributed by atoms with Gasteiger partial charge < -0.3 is 15.0 Å².